The van der Waals surface area contributed by atoms with E-state index in [9.17, 15) is 0 Å². The van der Waals surface area contributed by atoms with Gasteiger partial charge in [-0.3, -0.25) is 10.1 Å². The van der Waals surface area contributed by atoms with Gasteiger partial charge in [0.15, 0.2) is 0 Å². The standard InChI is InChI=1S/C6H9BrN4/c1-4(6(8)9)11-3-5(7)2-10-11/h2-4H,1H3,(H3,8,9). The highest BCUT2D eigenvalue weighted by Crippen LogP contribution is 2.10. The Balaban J connectivity index is 2.84. The third kappa shape index (κ3) is 1.80. The molecular weight excluding hydrogens is 208 g/mol. The van der Waals surface area contributed by atoms with Crippen LogP contribution in [-0.2, 0) is 0 Å². The number of hydrogen-bond donors (Lipinski definition) is 2. The van der Waals surface area contributed by atoms with E-state index in [1.165, 1.54) is 0 Å². The third-order valence-corrected chi connectivity index (χ3v) is 1.83. The van der Waals surface area contributed by atoms with Gasteiger partial charge < -0.3 is 5.73 Å². The van der Waals surface area contributed by atoms with E-state index in [1.807, 2.05) is 6.92 Å². The number of halogens is 1. The van der Waals surface area contributed by atoms with E-state index in [1.54, 1.807) is 17.1 Å². The summed E-state index contributed by atoms with van der Waals surface area (Å²) < 4.78 is 2.53. The maximum atomic E-state index is 7.15. The molecule has 1 rings (SSSR count). The highest BCUT2D eigenvalue weighted by molar-refractivity contribution is 9.10. The first-order chi connectivity index (χ1) is 5.11. The van der Waals surface area contributed by atoms with Crippen LogP contribution < -0.4 is 5.73 Å². The summed E-state index contributed by atoms with van der Waals surface area (Å²) in [7, 11) is 0. The Morgan fingerprint density at radius 3 is 2.91 bits per heavy atom. The molecule has 0 fully saturated rings. The maximum Gasteiger partial charge on any atom is 0.116 e. The molecule has 1 aromatic heterocycles. The second kappa shape index (κ2) is 3.04. The SMILES string of the molecule is CC(C(=N)N)n1cc(Br)cn1. The lowest BCUT2D eigenvalue weighted by Crippen LogP contribution is -2.23. The maximum absolute atomic E-state index is 7.15. The quantitative estimate of drug-likeness (QED) is 0.576. The molecule has 1 heterocycles. The van der Waals surface area contributed by atoms with Crippen LogP contribution in [0.5, 0.6) is 0 Å². The molecule has 60 valence electrons. The van der Waals surface area contributed by atoms with E-state index in [-0.39, 0.29) is 11.9 Å². The Bertz CT molecular complexity index is 267. The number of rotatable bonds is 2. The summed E-state index contributed by atoms with van der Waals surface area (Å²) in [6.45, 7) is 1.82. The minimum atomic E-state index is -0.165. The lowest BCUT2D eigenvalue weighted by atomic mass is 10.3. The van der Waals surface area contributed by atoms with Crippen molar-refractivity contribution in [1.82, 2.24) is 9.78 Å². The molecule has 0 amide bonds. The van der Waals surface area contributed by atoms with Crippen molar-refractivity contribution in [3.63, 3.8) is 0 Å². The van der Waals surface area contributed by atoms with Crippen LogP contribution in [0.4, 0.5) is 0 Å². The van der Waals surface area contributed by atoms with Gasteiger partial charge in [-0.05, 0) is 22.9 Å². The fourth-order valence-electron chi connectivity index (χ4n) is 0.669. The number of nitrogens with zero attached hydrogens (tertiary/aromatic N) is 2. The van der Waals surface area contributed by atoms with Gasteiger partial charge in [-0.2, -0.15) is 5.10 Å². The number of nitrogens with two attached hydrogens (primary N) is 1. The second-order valence-corrected chi connectivity index (χ2v) is 3.19. The molecule has 11 heavy (non-hydrogen) atoms. The summed E-state index contributed by atoms with van der Waals surface area (Å²) in [5.41, 5.74) is 5.28. The highest BCUT2D eigenvalue weighted by atomic mass is 79.9. The molecule has 1 aromatic rings. The smallest absolute Gasteiger partial charge is 0.116 e. The van der Waals surface area contributed by atoms with Crippen molar-refractivity contribution in [2.24, 2.45) is 5.73 Å². The summed E-state index contributed by atoms with van der Waals surface area (Å²) in [6, 6.07) is -0.165. The van der Waals surface area contributed by atoms with Gasteiger partial charge in [-0.1, -0.05) is 0 Å². The van der Waals surface area contributed by atoms with Gasteiger partial charge in [-0.25, -0.2) is 0 Å². The van der Waals surface area contributed by atoms with Crippen molar-refractivity contribution in [1.29, 1.82) is 5.41 Å². The molecule has 0 bridgehead atoms. The van der Waals surface area contributed by atoms with Gasteiger partial charge in [0.25, 0.3) is 0 Å². The average Bonchev–Trinajstić information content (AvgIpc) is 2.34. The summed E-state index contributed by atoms with van der Waals surface area (Å²) in [4.78, 5) is 0. The lowest BCUT2D eigenvalue weighted by molar-refractivity contribution is 0.602. The topological polar surface area (TPSA) is 67.7 Å². The second-order valence-electron chi connectivity index (χ2n) is 2.27. The van der Waals surface area contributed by atoms with Crippen molar-refractivity contribution in [2.45, 2.75) is 13.0 Å². The molecule has 5 heteroatoms. The van der Waals surface area contributed by atoms with Gasteiger partial charge in [0.2, 0.25) is 0 Å². The molecule has 1 atom stereocenters. The number of aromatic nitrogens is 2. The van der Waals surface area contributed by atoms with Crippen molar-refractivity contribution in [3.8, 4) is 0 Å². The Hall–Kier alpha value is -0.840. The van der Waals surface area contributed by atoms with E-state index in [2.05, 4.69) is 21.0 Å². The van der Waals surface area contributed by atoms with Crippen LogP contribution in [0.1, 0.15) is 13.0 Å². The highest BCUT2D eigenvalue weighted by Gasteiger charge is 2.07. The number of hydrogen-bond acceptors (Lipinski definition) is 2. The Morgan fingerprint density at radius 1 is 1.91 bits per heavy atom. The summed E-state index contributed by atoms with van der Waals surface area (Å²) in [6.07, 6.45) is 3.45. The zero-order valence-electron chi connectivity index (χ0n) is 6.08. The summed E-state index contributed by atoms with van der Waals surface area (Å²) in [5, 5.41) is 11.1. The van der Waals surface area contributed by atoms with Gasteiger partial charge in [0.1, 0.15) is 11.9 Å². The molecule has 0 spiro atoms. The van der Waals surface area contributed by atoms with Crippen LogP contribution in [0.15, 0.2) is 16.9 Å². The van der Waals surface area contributed by atoms with E-state index in [0.717, 1.165) is 4.47 Å². The first-order valence-corrected chi connectivity index (χ1v) is 3.94. The van der Waals surface area contributed by atoms with E-state index in [0.29, 0.717) is 0 Å². The Morgan fingerprint density at radius 2 is 2.55 bits per heavy atom. The molecule has 4 nitrogen and oxygen atoms in total. The largest absolute Gasteiger partial charge is 0.386 e. The first-order valence-electron chi connectivity index (χ1n) is 3.15. The van der Waals surface area contributed by atoms with Gasteiger partial charge >= 0.3 is 0 Å². The van der Waals surface area contributed by atoms with Gasteiger partial charge in [-0.15, -0.1) is 0 Å². The zero-order chi connectivity index (χ0) is 8.43. The molecule has 0 saturated heterocycles. The van der Waals surface area contributed by atoms with Crippen LogP contribution in [0.2, 0.25) is 0 Å². The summed E-state index contributed by atoms with van der Waals surface area (Å²) in [5.74, 6) is 0.112. The van der Waals surface area contributed by atoms with E-state index in [4.69, 9.17) is 11.1 Å². The van der Waals surface area contributed by atoms with Crippen LogP contribution in [0.25, 0.3) is 0 Å². The average molecular weight is 217 g/mol. The predicted octanol–water partition coefficient (Wildman–Crippen LogP) is 1.14. The lowest BCUT2D eigenvalue weighted by Gasteiger charge is -2.08. The number of nitrogens with one attached hydrogen (secondary N) is 1. The molecule has 0 radical (unpaired) electrons. The third-order valence-electron chi connectivity index (χ3n) is 1.42. The molecule has 0 aliphatic rings. The molecule has 0 aliphatic carbocycles. The van der Waals surface area contributed by atoms with Crippen LogP contribution >= 0.6 is 15.9 Å². The fourth-order valence-corrected chi connectivity index (χ4v) is 0.971. The van der Waals surface area contributed by atoms with Crippen molar-refractivity contribution >= 4 is 21.8 Å². The Labute approximate surface area is 73.0 Å². The molecule has 0 aromatic carbocycles. The van der Waals surface area contributed by atoms with Crippen LogP contribution in [0.3, 0.4) is 0 Å². The molecular formula is C6H9BrN4. The van der Waals surface area contributed by atoms with Gasteiger partial charge in [0.05, 0.1) is 10.7 Å². The fraction of sp³-hybridized carbons (Fsp3) is 0.333. The normalized spacial score (nSPS) is 12.9. The molecule has 1 unspecified atom stereocenters. The Kier molecular flexibility index (Phi) is 2.28. The number of amidine groups is 1. The molecule has 0 saturated carbocycles. The van der Waals surface area contributed by atoms with Crippen molar-refractivity contribution < 1.29 is 0 Å². The summed E-state index contributed by atoms with van der Waals surface area (Å²) >= 11 is 3.25. The predicted molar refractivity (Wildman–Crippen MR) is 46.6 cm³/mol. The van der Waals surface area contributed by atoms with E-state index < -0.39 is 0 Å². The molecule has 0 aliphatic heterocycles. The van der Waals surface area contributed by atoms with Crippen LogP contribution in [-0.4, -0.2) is 15.6 Å². The zero-order valence-corrected chi connectivity index (χ0v) is 7.67. The van der Waals surface area contributed by atoms with Gasteiger partial charge in [0, 0.05) is 6.20 Å². The monoisotopic (exact) mass is 216 g/mol. The minimum absolute atomic E-state index is 0.112. The van der Waals surface area contributed by atoms with Crippen molar-refractivity contribution in [2.75, 3.05) is 0 Å². The molecule has 3 N–H and O–H groups in total. The van der Waals surface area contributed by atoms with Crippen molar-refractivity contribution in [3.05, 3.63) is 16.9 Å². The van der Waals surface area contributed by atoms with E-state index >= 15 is 0 Å². The first kappa shape index (κ1) is 8.26. The minimum Gasteiger partial charge on any atom is -0.386 e. The van der Waals surface area contributed by atoms with Crippen LogP contribution in [0, 0.1) is 5.41 Å².